The van der Waals surface area contributed by atoms with Gasteiger partial charge in [-0.1, -0.05) is 26.8 Å². The molecule has 0 amide bonds. The average molecular weight is 287 g/mol. The molecule has 0 fully saturated rings. The zero-order valence-corrected chi connectivity index (χ0v) is 13.6. The second-order valence-electron chi connectivity index (χ2n) is 6.62. The highest BCUT2D eigenvalue weighted by Crippen LogP contribution is 2.32. The van der Waals surface area contributed by atoms with Crippen LogP contribution in [-0.2, 0) is 12.0 Å². The van der Waals surface area contributed by atoms with Gasteiger partial charge in [-0.05, 0) is 13.8 Å². The van der Waals surface area contributed by atoms with Gasteiger partial charge in [0.25, 0.3) is 0 Å². The van der Waals surface area contributed by atoms with Gasteiger partial charge in [0.05, 0.1) is 6.20 Å². The molecule has 2 aromatic rings. The Kier molecular flexibility index (Phi) is 3.94. The van der Waals surface area contributed by atoms with Crippen molar-refractivity contribution in [1.29, 1.82) is 0 Å². The minimum absolute atomic E-state index is 0.0799. The standard InChI is InChI=1S/C16H25N5/c1-7-8-20-14(17)13(19-15(20)16(4,5)6)12-9-18-21(10-12)11(2)3/h7,9-11H,1,8,17H2,2-6H3. The van der Waals surface area contributed by atoms with E-state index in [2.05, 4.69) is 46.3 Å². The lowest BCUT2D eigenvalue weighted by molar-refractivity contribution is 0.515. The summed E-state index contributed by atoms with van der Waals surface area (Å²) in [6.07, 6.45) is 5.66. The predicted octanol–water partition coefficient (Wildman–Crippen LogP) is 3.39. The van der Waals surface area contributed by atoms with E-state index in [0.717, 1.165) is 17.1 Å². The molecular weight excluding hydrogens is 262 g/mol. The molecule has 0 aliphatic heterocycles. The fourth-order valence-electron chi connectivity index (χ4n) is 2.31. The van der Waals surface area contributed by atoms with Crippen LogP contribution in [0.5, 0.6) is 0 Å². The molecule has 2 heterocycles. The van der Waals surface area contributed by atoms with Crippen LogP contribution in [0.2, 0.25) is 0 Å². The number of nitrogen functional groups attached to an aromatic ring is 1. The number of allylic oxidation sites excluding steroid dienone is 1. The molecular formula is C16H25N5. The molecule has 21 heavy (non-hydrogen) atoms. The lowest BCUT2D eigenvalue weighted by atomic mass is 9.95. The number of anilines is 1. The molecule has 0 atom stereocenters. The molecule has 0 unspecified atom stereocenters. The quantitative estimate of drug-likeness (QED) is 0.877. The van der Waals surface area contributed by atoms with Gasteiger partial charge in [0.2, 0.25) is 0 Å². The summed E-state index contributed by atoms with van der Waals surface area (Å²) < 4.78 is 3.94. The lowest BCUT2D eigenvalue weighted by Crippen LogP contribution is -2.19. The van der Waals surface area contributed by atoms with Crippen LogP contribution in [0, 0.1) is 0 Å². The summed E-state index contributed by atoms with van der Waals surface area (Å²) in [5.41, 5.74) is 7.99. The first-order valence-corrected chi connectivity index (χ1v) is 7.27. The molecule has 0 bridgehead atoms. The number of hydrogen-bond acceptors (Lipinski definition) is 3. The molecule has 114 valence electrons. The van der Waals surface area contributed by atoms with Crippen LogP contribution in [0.4, 0.5) is 5.82 Å². The van der Waals surface area contributed by atoms with E-state index in [-0.39, 0.29) is 5.41 Å². The molecule has 2 aromatic heterocycles. The monoisotopic (exact) mass is 287 g/mol. The van der Waals surface area contributed by atoms with Gasteiger partial charge in [-0.15, -0.1) is 6.58 Å². The summed E-state index contributed by atoms with van der Waals surface area (Å²) in [6.45, 7) is 15.1. The second kappa shape index (κ2) is 5.39. The van der Waals surface area contributed by atoms with Crippen molar-refractivity contribution in [3.05, 3.63) is 30.9 Å². The number of rotatable bonds is 4. The van der Waals surface area contributed by atoms with Crippen LogP contribution >= 0.6 is 0 Å². The van der Waals surface area contributed by atoms with Crippen LogP contribution in [0.3, 0.4) is 0 Å². The summed E-state index contributed by atoms with van der Waals surface area (Å²) in [6, 6.07) is 0.317. The number of imidazole rings is 1. The average Bonchev–Trinajstić information content (AvgIpc) is 2.95. The Morgan fingerprint density at radius 2 is 2.05 bits per heavy atom. The largest absolute Gasteiger partial charge is 0.383 e. The van der Waals surface area contributed by atoms with E-state index in [1.54, 1.807) is 0 Å². The van der Waals surface area contributed by atoms with E-state index >= 15 is 0 Å². The third-order valence-electron chi connectivity index (χ3n) is 3.39. The van der Waals surface area contributed by atoms with Crippen molar-refractivity contribution in [3.8, 4) is 11.3 Å². The number of nitrogens with two attached hydrogens (primary N) is 1. The van der Waals surface area contributed by atoms with Gasteiger partial charge in [0.1, 0.15) is 17.3 Å². The summed E-state index contributed by atoms with van der Waals surface area (Å²) in [5.74, 6) is 1.63. The first-order chi connectivity index (χ1) is 9.75. The van der Waals surface area contributed by atoms with Gasteiger partial charge in [-0.3, -0.25) is 4.68 Å². The van der Waals surface area contributed by atoms with E-state index in [1.165, 1.54) is 0 Å². The topological polar surface area (TPSA) is 61.7 Å². The van der Waals surface area contributed by atoms with E-state index in [4.69, 9.17) is 10.7 Å². The first kappa shape index (κ1) is 15.4. The number of aromatic nitrogens is 4. The van der Waals surface area contributed by atoms with Crippen LogP contribution < -0.4 is 5.73 Å². The normalized spacial score (nSPS) is 12.1. The fraction of sp³-hybridized carbons (Fsp3) is 0.500. The smallest absolute Gasteiger partial charge is 0.132 e. The molecule has 0 saturated carbocycles. The SMILES string of the molecule is C=CCn1c(C(C)(C)C)nc(-c2cnn(C(C)C)c2)c1N. The van der Waals surface area contributed by atoms with Crippen molar-refractivity contribution in [2.24, 2.45) is 0 Å². The van der Waals surface area contributed by atoms with E-state index in [0.29, 0.717) is 18.4 Å². The predicted molar refractivity (Wildman–Crippen MR) is 87.1 cm³/mol. The van der Waals surface area contributed by atoms with Crippen molar-refractivity contribution in [3.63, 3.8) is 0 Å². The van der Waals surface area contributed by atoms with Crippen LogP contribution in [0.25, 0.3) is 11.3 Å². The van der Waals surface area contributed by atoms with Crippen LogP contribution in [-0.4, -0.2) is 19.3 Å². The van der Waals surface area contributed by atoms with Gasteiger partial charge in [0.15, 0.2) is 0 Å². The Morgan fingerprint density at radius 1 is 1.38 bits per heavy atom. The molecule has 0 radical (unpaired) electrons. The zero-order valence-electron chi connectivity index (χ0n) is 13.6. The molecule has 2 rings (SSSR count). The third kappa shape index (κ3) is 2.86. The van der Waals surface area contributed by atoms with Gasteiger partial charge in [0, 0.05) is 29.8 Å². The van der Waals surface area contributed by atoms with Crippen molar-refractivity contribution >= 4 is 5.82 Å². The van der Waals surface area contributed by atoms with E-state index in [9.17, 15) is 0 Å². The van der Waals surface area contributed by atoms with Crippen molar-refractivity contribution in [2.45, 2.75) is 52.6 Å². The van der Waals surface area contributed by atoms with Gasteiger partial charge >= 0.3 is 0 Å². The van der Waals surface area contributed by atoms with Crippen LogP contribution in [0.1, 0.15) is 46.5 Å². The summed E-state index contributed by atoms with van der Waals surface area (Å²) in [7, 11) is 0. The summed E-state index contributed by atoms with van der Waals surface area (Å²) in [4.78, 5) is 4.78. The Labute approximate surface area is 126 Å². The minimum Gasteiger partial charge on any atom is -0.383 e. The molecule has 5 heteroatoms. The zero-order chi connectivity index (χ0) is 15.8. The Bertz CT molecular complexity index is 640. The lowest BCUT2D eigenvalue weighted by Gasteiger charge is -2.19. The third-order valence-corrected chi connectivity index (χ3v) is 3.39. The highest BCUT2D eigenvalue weighted by molar-refractivity contribution is 5.70. The Balaban J connectivity index is 2.56. The maximum Gasteiger partial charge on any atom is 0.132 e. The highest BCUT2D eigenvalue weighted by atomic mass is 15.3. The first-order valence-electron chi connectivity index (χ1n) is 7.27. The molecule has 0 aromatic carbocycles. The molecule has 0 saturated heterocycles. The van der Waals surface area contributed by atoms with Gasteiger partial charge < -0.3 is 10.3 Å². The molecule has 0 aliphatic rings. The highest BCUT2D eigenvalue weighted by Gasteiger charge is 2.25. The van der Waals surface area contributed by atoms with E-state index < -0.39 is 0 Å². The van der Waals surface area contributed by atoms with Gasteiger partial charge in [-0.25, -0.2) is 4.98 Å². The molecule has 2 N–H and O–H groups in total. The maximum atomic E-state index is 6.32. The molecule has 0 spiro atoms. The van der Waals surface area contributed by atoms with Crippen molar-refractivity contribution in [1.82, 2.24) is 19.3 Å². The van der Waals surface area contributed by atoms with Gasteiger partial charge in [-0.2, -0.15) is 5.10 Å². The van der Waals surface area contributed by atoms with Crippen molar-refractivity contribution in [2.75, 3.05) is 5.73 Å². The van der Waals surface area contributed by atoms with Crippen LogP contribution in [0.15, 0.2) is 25.0 Å². The molecule has 5 nitrogen and oxygen atoms in total. The minimum atomic E-state index is -0.0799. The van der Waals surface area contributed by atoms with Crippen molar-refractivity contribution < 1.29 is 0 Å². The summed E-state index contributed by atoms with van der Waals surface area (Å²) >= 11 is 0. The number of nitrogens with zero attached hydrogens (tertiary/aromatic N) is 4. The number of hydrogen-bond donors (Lipinski definition) is 1. The Morgan fingerprint density at radius 3 is 2.52 bits per heavy atom. The fourth-order valence-corrected chi connectivity index (χ4v) is 2.31. The Hall–Kier alpha value is -2.04. The summed E-state index contributed by atoms with van der Waals surface area (Å²) in [5, 5.41) is 4.37. The second-order valence-corrected chi connectivity index (χ2v) is 6.62. The maximum absolute atomic E-state index is 6.32. The molecule has 0 aliphatic carbocycles. The van der Waals surface area contributed by atoms with E-state index in [1.807, 2.05) is 27.7 Å².